The minimum atomic E-state index is -4.48. The Morgan fingerprint density at radius 2 is 1.85 bits per heavy atom. The maximum absolute atomic E-state index is 13.2. The van der Waals surface area contributed by atoms with Crippen LogP contribution < -0.4 is 10.6 Å². The maximum atomic E-state index is 13.2. The zero-order chi connectivity index (χ0) is 18.9. The number of hydrogen-bond donors (Lipinski definition) is 2. The molecule has 3 rings (SSSR count). The predicted octanol–water partition coefficient (Wildman–Crippen LogP) is 4.64. The van der Waals surface area contributed by atoms with Gasteiger partial charge in [0.15, 0.2) is 16.8 Å². The smallest absolute Gasteiger partial charge is 0.376 e. The zero-order valence-corrected chi connectivity index (χ0v) is 13.6. The van der Waals surface area contributed by atoms with Crippen molar-refractivity contribution in [1.29, 1.82) is 0 Å². The number of nitrogens with zero attached hydrogens (tertiary/aromatic N) is 1. The van der Waals surface area contributed by atoms with Crippen LogP contribution in [0.1, 0.15) is 5.56 Å². The highest BCUT2D eigenvalue weighted by Gasteiger charge is 2.30. The summed E-state index contributed by atoms with van der Waals surface area (Å²) in [4.78, 5) is 15.9. The molecule has 0 fully saturated rings. The Labute approximate surface area is 147 Å². The van der Waals surface area contributed by atoms with Crippen LogP contribution in [0.4, 0.5) is 32.8 Å². The first-order valence-corrected chi connectivity index (χ1v) is 8.00. The Balaban J connectivity index is 1.64. The molecule has 2 aromatic carbocycles. The van der Waals surface area contributed by atoms with E-state index in [-0.39, 0.29) is 22.9 Å². The molecule has 10 heteroatoms. The van der Waals surface area contributed by atoms with Gasteiger partial charge in [-0.15, -0.1) is 0 Å². The number of carbonyl (C=O) groups is 1. The number of nitrogens with one attached hydrogen (secondary N) is 2. The molecule has 0 radical (unpaired) electrons. The molecule has 0 bridgehead atoms. The van der Waals surface area contributed by atoms with Gasteiger partial charge in [0.05, 0.1) is 22.3 Å². The summed E-state index contributed by atoms with van der Waals surface area (Å²) in [6.45, 7) is -0.306. The average Bonchev–Trinajstić information content (AvgIpc) is 2.94. The van der Waals surface area contributed by atoms with Gasteiger partial charge in [-0.2, -0.15) is 13.2 Å². The third-order valence-corrected chi connectivity index (χ3v) is 4.25. The van der Waals surface area contributed by atoms with Crippen LogP contribution >= 0.6 is 11.3 Å². The maximum Gasteiger partial charge on any atom is 0.416 e. The van der Waals surface area contributed by atoms with E-state index < -0.39 is 29.3 Å². The van der Waals surface area contributed by atoms with E-state index >= 15 is 0 Å². The average molecular weight is 387 g/mol. The number of amides is 1. The van der Waals surface area contributed by atoms with E-state index in [0.717, 1.165) is 35.6 Å². The van der Waals surface area contributed by atoms with Crippen LogP contribution in [0.5, 0.6) is 0 Å². The first kappa shape index (κ1) is 18.1. The van der Waals surface area contributed by atoms with Crippen LogP contribution in [0.3, 0.4) is 0 Å². The second-order valence-electron chi connectivity index (χ2n) is 5.23. The largest absolute Gasteiger partial charge is 0.416 e. The van der Waals surface area contributed by atoms with Crippen molar-refractivity contribution in [3.8, 4) is 0 Å². The third kappa shape index (κ3) is 4.07. The number of hydrogen-bond acceptors (Lipinski definition) is 4. The lowest BCUT2D eigenvalue weighted by molar-refractivity contribution is -0.137. The summed E-state index contributed by atoms with van der Waals surface area (Å²) in [5, 5.41) is 5.12. The normalized spacial score (nSPS) is 11.6. The van der Waals surface area contributed by atoms with E-state index in [1.807, 2.05) is 0 Å². The molecule has 1 heterocycles. The summed E-state index contributed by atoms with van der Waals surface area (Å²) < 4.78 is 64.6. The van der Waals surface area contributed by atoms with Gasteiger partial charge in [0.2, 0.25) is 5.91 Å². The molecule has 0 atom stereocenters. The molecule has 26 heavy (non-hydrogen) atoms. The van der Waals surface area contributed by atoms with E-state index in [1.54, 1.807) is 0 Å². The van der Waals surface area contributed by atoms with Crippen LogP contribution in [0.2, 0.25) is 0 Å². The number of carbonyl (C=O) groups excluding carboxylic acids is 1. The van der Waals surface area contributed by atoms with E-state index in [0.29, 0.717) is 4.70 Å². The summed E-state index contributed by atoms with van der Waals surface area (Å²) in [5.41, 5.74) is -0.517. The fourth-order valence-corrected chi connectivity index (χ4v) is 3.02. The Kier molecular flexibility index (Phi) is 4.77. The number of aromatic nitrogens is 1. The lowest BCUT2D eigenvalue weighted by Gasteiger charge is -2.10. The van der Waals surface area contributed by atoms with Gasteiger partial charge in [0.25, 0.3) is 0 Å². The Morgan fingerprint density at radius 1 is 1.12 bits per heavy atom. The summed E-state index contributed by atoms with van der Waals surface area (Å²) in [6, 6.07) is 6.31. The number of alkyl halides is 3. The molecule has 2 N–H and O–H groups in total. The number of benzene rings is 2. The fraction of sp³-hybridized carbons (Fsp3) is 0.125. The van der Waals surface area contributed by atoms with Crippen molar-refractivity contribution >= 4 is 38.3 Å². The highest BCUT2D eigenvalue weighted by molar-refractivity contribution is 7.22. The van der Waals surface area contributed by atoms with Crippen LogP contribution in [-0.4, -0.2) is 17.4 Å². The molecule has 136 valence electrons. The van der Waals surface area contributed by atoms with Gasteiger partial charge in [-0.05, 0) is 24.3 Å². The third-order valence-electron chi connectivity index (χ3n) is 3.32. The molecule has 3 aromatic rings. The number of thiazole rings is 1. The van der Waals surface area contributed by atoms with Gasteiger partial charge in [0.1, 0.15) is 0 Å². The summed E-state index contributed by atoms with van der Waals surface area (Å²) in [5.74, 6) is -2.64. The van der Waals surface area contributed by atoms with E-state index in [4.69, 9.17) is 0 Å². The van der Waals surface area contributed by atoms with Crippen molar-refractivity contribution in [3.05, 3.63) is 53.6 Å². The monoisotopic (exact) mass is 387 g/mol. The lowest BCUT2D eigenvalue weighted by Crippen LogP contribution is -2.21. The van der Waals surface area contributed by atoms with Crippen molar-refractivity contribution < 1.29 is 26.7 Å². The summed E-state index contributed by atoms with van der Waals surface area (Å²) in [6.07, 6.45) is -4.48. The molecular formula is C16H10F5N3OS. The molecule has 0 aliphatic carbocycles. The fourth-order valence-electron chi connectivity index (χ4n) is 2.13. The molecule has 1 aromatic heterocycles. The standard InChI is InChI=1S/C16H10F5N3OS/c17-10-5-12-13(6-11(10)18)26-15(23-12)24-14(25)7-22-9-3-1-2-8(4-9)16(19,20)21/h1-6,22H,7H2,(H,23,24,25). The van der Waals surface area contributed by atoms with Gasteiger partial charge in [0, 0.05) is 11.8 Å². The van der Waals surface area contributed by atoms with Crippen LogP contribution in [0.25, 0.3) is 10.2 Å². The first-order chi connectivity index (χ1) is 12.2. The molecule has 4 nitrogen and oxygen atoms in total. The molecule has 0 aliphatic heterocycles. The Bertz CT molecular complexity index is 931. The number of rotatable bonds is 4. The van der Waals surface area contributed by atoms with Crippen molar-refractivity contribution in [2.75, 3.05) is 17.2 Å². The predicted molar refractivity (Wildman–Crippen MR) is 88.1 cm³/mol. The van der Waals surface area contributed by atoms with E-state index in [2.05, 4.69) is 15.6 Å². The molecule has 0 unspecified atom stereocenters. The first-order valence-electron chi connectivity index (χ1n) is 7.19. The Morgan fingerprint density at radius 3 is 2.58 bits per heavy atom. The van der Waals surface area contributed by atoms with Crippen LogP contribution in [0.15, 0.2) is 36.4 Å². The van der Waals surface area contributed by atoms with Gasteiger partial charge < -0.3 is 10.6 Å². The highest BCUT2D eigenvalue weighted by Crippen LogP contribution is 2.31. The molecular weight excluding hydrogens is 377 g/mol. The summed E-state index contributed by atoms with van der Waals surface area (Å²) >= 11 is 0.950. The zero-order valence-electron chi connectivity index (χ0n) is 12.8. The minimum absolute atomic E-state index is 0.126. The number of anilines is 2. The minimum Gasteiger partial charge on any atom is -0.376 e. The molecule has 1 amide bonds. The topological polar surface area (TPSA) is 54.0 Å². The van der Waals surface area contributed by atoms with Gasteiger partial charge in [-0.3, -0.25) is 4.79 Å². The number of fused-ring (bicyclic) bond motifs is 1. The van der Waals surface area contributed by atoms with Crippen molar-refractivity contribution in [3.63, 3.8) is 0 Å². The molecule has 0 aliphatic rings. The lowest BCUT2D eigenvalue weighted by atomic mass is 10.2. The van der Waals surface area contributed by atoms with Crippen molar-refractivity contribution in [2.45, 2.75) is 6.18 Å². The summed E-state index contributed by atoms with van der Waals surface area (Å²) in [7, 11) is 0. The molecule has 0 saturated carbocycles. The van der Waals surface area contributed by atoms with E-state index in [9.17, 15) is 26.7 Å². The molecule has 0 spiro atoms. The van der Waals surface area contributed by atoms with Gasteiger partial charge in [-0.1, -0.05) is 17.4 Å². The quantitative estimate of drug-likeness (QED) is 0.641. The van der Waals surface area contributed by atoms with Crippen LogP contribution in [0, 0.1) is 11.6 Å². The van der Waals surface area contributed by atoms with E-state index in [1.165, 1.54) is 12.1 Å². The van der Waals surface area contributed by atoms with Crippen LogP contribution in [-0.2, 0) is 11.0 Å². The highest BCUT2D eigenvalue weighted by atomic mass is 32.1. The SMILES string of the molecule is O=C(CNc1cccc(C(F)(F)F)c1)Nc1nc2cc(F)c(F)cc2s1. The molecule has 0 saturated heterocycles. The van der Waals surface area contributed by atoms with Crippen molar-refractivity contribution in [1.82, 2.24) is 4.98 Å². The second-order valence-corrected chi connectivity index (χ2v) is 6.26. The second kappa shape index (κ2) is 6.87. The Hall–Kier alpha value is -2.75. The van der Waals surface area contributed by atoms with Crippen molar-refractivity contribution in [2.24, 2.45) is 0 Å². The van der Waals surface area contributed by atoms with Gasteiger partial charge >= 0.3 is 6.18 Å². The van der Waals surface area contributed by atoms with Gasteiger partial charge in [-0.25, -0.2) is 13.8 Å². The number of halogens is 5.